The summed E-state index contributed by atoms with van der Waals surface area (Å²) < 4.78 is 1.00. The number of rotatable bonds is 5. The molecule has 1 aromatic carbocycles. The van der Waals surface area contributed by atoms with Gasteiger partial charge in [0.1, 0.15) is 0 Å². The van der Waals surface area contributed by atoms with E-state index in [1.165, 1.54) is 0 Å². The van der Waals surface area contributed by atoms with Crippen LogP contribution in [0.2, 0.25) is 0 Å². The van der Waals surface area contributed by atoms with Crippen LogP contribution in [-0.4, -0.2) is 25.5 Å². The molecule has 4 nitrogen and oxygen atoms in total. The average Bonchev–Trinajstić information content (AvgIpc) is 3.12. The van der Waals surface area contributed by atoms with E-state index in [0.717, 1.165) is 28.6 Å². The van der Waals surface area contributed by atoms with Gasteiger partial charge in [-0.1, -0.05) is 15.9 Å². The molecule has 0 atom stereocenters. The number of likely N-dealkylation sites (N-methyl/N-ethyl adjacent to an activating group) is 1. The second-order valence-corrected chi connectivity index (χ2v) is 5.59. The number of benzene rings is 1. The summed E-state index contributed by atoms with van der Waals surface area (Å²) in [6, 6.07) is 6.34. The van der Waals surface area contributed by atoms with Gasteiger partial charge in [0.15, 0.2) is 0 Å². The quantitative estimate of drug-likeness (QED) is 0.869. The minimum atomic E-state index is 0.0749. The monoisotopic (exact) mass is 311 g/mol. The summed E-state index contributed by atoms with van der Waals surface area (Å²) in [6.45, 7) is 0.828. The van der Waals surface area contributed by atoms with Crippen LogP contribution in [0.25, 0.3) is 0 Å². The lowest BCUT2D eigenvalue weighted by atomic mass is 10.1. The van der Waals surface area contributed by atoms with Crippen LogP contribution in [-0.2, 0) is 11.3 Å². The normalized spacial score (nSPS) is 14.4. The minimum Gasteiger partial charge on any atom is -0.365 e. The zero-order valence-electron chi connectivity index (χ0n) is 10.4. The van der Waals surface area contributed by atoms with Crippen LogP contribution in [0.1, 0.15) is 18.4 Å². The molecule has 18 heavy (non-hydrogen) atoms. The van der Waals surface area contributed by atoms with Gasteiger partial charge in [0.2, 0.25) is 5.91 Å². The largest absolute Gasteiger partial charge is 0.365 e. The van der Waals surface area contributed by atoms with E-state index >= 15 is 0 Å². The van der Waals surface area contributed by atoms with Gasteiger partial charge < -0.3 is 16.0 Å². The lowest BCUT2D eigenvalue weighted by Gasteiger charge is -2.21. The third-order valence-electron chi connectivity index (χ3n) is 3.00. The van der Waals surface area contributed by atoms with Crippen molar-refractivity contribution in [1.29, 1.82) is 0 Å². The summed E-state index contributed by atoms with van der Waals surface area (Å²) >= 11 is 3.42. The Morgan fingerprint density at radius 3 is 2.89 bits per heavy atom. The van der Waals surface area contributed by atoms with E-state index in [0.29, 0.717) is 19.1 Å². The predicted octanol–water partition coefficient (Wildman–Crippen LogP) is 1.62. The molecule has 0 heterocycles. The summed E-state index contributed by atoms with van der Waals surface area (Å²) in [5, 5.41) is 2.98. The van der Waals surface area contributed by atoms with E-state index in [9.17, 15) is 4.79 Å². The van der Waals surface area contributed by atoms with Gasteiger partial charge in [-0.25, -0.2) is 0 Å². The Labute approximate surface area is 116 Å². The highest BCUT2D eigenvalue weighted by Gasteiger charge is 2.23. The van der Waals surface area contributed by atoms with Crippen LogP contribution in [0.15, 0.2) is 22.7 Å². The number of hydrogen-bond acceptors (Lipinski definition) is 3. The van der Waals surface area contributed by atoms with Crippen molar-refractivity contribution in [1.82, 2.24) is 5.32 Å². The molecule has 1 amide bonds. The maximum absolute atomic E-state index is 11.8. The summed E-state index contributed by atoms with van der Waals surface area (Å²) in [5.41, 5.74) is 7.77. The topological polar surface area (TPSA) is 58.4 Å². The SMILES string of the molecule is CN(CC(=O)NC1CC1)c1ccc(Br)cc1CN. The van der Waals surface area contributed by atoms with Crippen LogP contribution in [0.3, 0.4) is 0 Å². The average molecular weight is 312 g/mol. The van der Waals surface area contributed by atoms with Crippen LogP contribution < -0.4 is 16.0 Å². The first-order valence-electron chi connectivity index (χ1n) is 6.09. The molecule has 0 aliphatic heterocycles. The summed E-state index contributed by atoms with van der Waals surface area (Å²) in [4.78, 5) is 13.7. The molecule has 3 N–H and O–H groups in total. The number of halogens is 1. The fraction of sp³-hybridized carbons (Fsp3) is 0.462. The number of hydrogen-bond donors (Lipinski definition) is 2. The zero-order valence-corrected chi connectivity index (χ0v) is 12.0. The van der Waals surface area contributed by atoms with E-state index in [2.05, 4.69) is 21.2 Å². The number of amides is 1. The van der Waals surface area contributed by atoms with Crippen molar-refractivity contribution in [3.05, 3.63) is 28.2 Å². The predicted molar refractivity (Wildman–Crippen MR) is 76.5 cm³/mol. The van der Waals surface area contributed by atoms with Gasteiger partial charge in [0, 0.05) is 29.8 Å². The smallest absolute Gasteiger partial charge is 0.239 e. The molecule has 0 saturated heterocycles. The highest BCUT2D eigenvalue weighted by Crippen LogP contribution is 2.23. The van der Waals surface area contributed by atoms with Crippen molar-refractivity contribution in [2.75, 3.05) is 18.5 Å². The van der Waals surface area contributed by atoms with Crippen molar-refractivity contribution < 1.29 is 4.79 Å². The van der Waals surface area contributed by atoms with E-state index in [1.807, 2.05) is 30.1 Å². The van der Waals surface area contributed by atoms with Crippen LogP contribution in [0.4, 0.5) is 5.69 Å². The molecule has 5 heteroatoms. The highest BCUT2D eigenvalue weighted by atomic mass is 79.9. The van der Waals surface area contributed by atoms with Crippen LogP contribution in [0.5, 0.6) is 0 Å². The Hall–Kier alpha value is -1.07. The van der Waals surface area contributed by atoms with Crippen molar-refractivity contribution in [2.45, 2.75) is 25.4 Å². The number of nitrogens with two attached hydrogens (primary N) is 1. The fourth-order valence-corrected chi connectivity index (χ4v) is 2.30. The molecular formula is C13H18BrN3O. The summed E-state index contributed by atoms with van der Waals surface area (Å²) in [5.74, 6) is 0.0749. The lowest BCUT2D eigenvalue weighted by Crippen LogP contribution is -2.36. The first-order valence-corrected chi connectivity index (χ1v) is 6.88. The number of carbonyl (C=O) groups excluding carboxylic acids is 1. The van der Waals surface area contributed by atoms with E-state index in [-0.39, 0.29) is 5.91 Å². The molecule has 1 fully saturated rings. The van der Waals surface area contributed by atoms with E-state index in [1.54, 1.807) is 0 Å². The Bertz CT molecular complexity index is 446. The van der Waals surface area contributed by atoms with Gasteiger partial charge >= 0.3 is 0 Å². The zero-order chi connectivity index (χ0) is 13.1. The molecule has 0 bridgehead atoms. The number of nitrogens with zero attached hydrogens (tertiary/aromatic N) is 1. The molecule has 0 radical (unpaired) electrons. The molecule has 0 unspecified atom stereocenters. The minimum absolute atomic E-state index is 0.0749. The van der Waals surface area contributed by atoms with E-state index < -0.39 is 0 Å². The van der Waals surface area contributed by atoms with Crippen molar-refractivity contribution in [3.8, 4) is 0 Å². The molecule has 0 spiro atoms. The van der Waals surface area contributed by atoms with Gasteiger partial charge in [-0.3, -0.25) is 4.79 Å². The Balaban J connectivity index is 2.02. The Morgan fingerprint density at radius 2 is 2.28 bits per heavy atom. The highest BCUT2D eigenvalue weighted by molar-refractivity contribution is 9.10. The standard InChI is InChI=1S/C13H18BrN3O/c1-17(8-13(18)16-11-3-4-11)12-5-2-10(14)6-9(12)7-15/h2,5-6,11H,3-4,7-8,15H2,1H3,(H,16,18). The molecule has 1 aliphatic carbocycles. The van der Waals surface area contributed by atoms with Gasteiger partial charge in [0.25, 0.3) is 0 Å². The second kappa shape index (κ2) is 5.71. The molecule has 1 saturated carbocycles. The first kappa shape index (κ1) is 13.4. The summed E-state index contributed by atoms with van der Waals surface area (Å²) in [7, 11) is 1.91. The molecular weight excluding hydrogens is 294 g/mol. The molecule has 1 aromatic rings. The van der Waals surface area contributed by atoms with E-state index in [4.69, 9.17) is 5.73 Å². The van der Waals surface area contributed by atoms with Crippen molar-refractivity contribution >= 4 is 27.5 Å². The fourth-order valence-electron chi connectivity index (χ4n) is 1.89. The lowest BCUT2D eigenvalue weighted by molar-refractivity contribution is -0.119. The van der Waals surface area contributed by atoms with Crippen molar-refractivity contribution in [3.63, 3.8) is 0 Å². The third kappa shape index (κ3) is 3.46. The Morgan fingerprint density at radius 1 is 1.56 bits per heavy atom. The maximum Gasteiger partial charge on any atom is 0.239 e. The van der Waals surface area contributed by atoms with Gasteiger partial charge in [-0.15, -0.1) is 0 Å². The van der Waals surface area contributed by atoms with Crippen molar-refractivity contribution in [2.24, 2.45) is 5.73 Å². The number of carbonyl (C=O) groups is 1. The van der Waals surface area contributed by atoms with Gasteiger partial charge in [0.05, 0.1) is 6.54 Å². The summed E-state index contributed by atoms with van der Waals surface area (Å²) in [6.07, 6.45) is 2.23. The maximum atomic E-state index is 11.8. The molecule has 2 rings (SSSR count). The van der Waals surface area contributed by atoms with Gasteiger partial charge in [-0.2, -0.15) is 0 Å². The first-order chi connectivity index (χ1) is 8.60. The molecule has 98 valence electrons. The Kier molecular flexibility index (Phi) is 4.24. The van der Waals surface area contributed by atoms with Crippen LogP contribution in [0, 0.1) is 0 Å². The molecule has 1 aliphatic rings. The van der Waals surface area contributed by atoms with Gasteiger partial charge in [-0.05, 0) is 36.6 Å². The number of nitrogens with one attached hydrogen (secondary N) is 1. The molecule has 0 aromatic heterocycles. The second-order valence-electron chi connectivity index (χ2n) is 4.68. The number of anilines is 1. The van der Waals surface area contributed by atoms with Crippen LogP contribution >= 0.6 is 15.9 Å². The third-order valence-corrected chi connectivity index (χ3v) is 3.49.